The maximum absolute atomic E-state index is 13.6. The second kappa shape index (κ2) is 6.70. The van der Waals surface area contributed by atoms with Gasteiger partial charge in [0.2, 0.25) is 0 Å². The van der Waals surface area contributed by atoms with Crippen LogP contribution in [-0.2, 0) is 11.2 Å². The molecule has 0 saturated carbocycles. The van der Waals surface area contributed by atoms with E-state index in [4.69, 9.17) is 9.84 Å². The Morgan fingerprint density at radius 3 is 2.70 bits per heavy atom. The van der Waals surface area contributed by atoms with E-state index < -0.39 is 5.97 Å². The molecule has 1 fully saturated rings. The lowest BCUT2D eigenvalue weighted by Crippen LogP contribution is -2.37. The van der Waals surface area contributed by atoms with Crippen molar-refractivity contribution in [1.29, 1.82) is 0 Å². The first kappa shape index (κ1) is 14.8. The van der Waals surface area contributed by atoms with Crippen LogP contribution in [0.2, 0.25) is 0 Å². The molecule has 1 aliphatic rings. The summed E-state index contributed by atoms with van der Waals surface area (Å²) in [6.45, 7) is 2.43. The van der Waals surface area contributed by atoms with Crippen molar-refractivity contribution < 1.29 is 19.0 Å². The molecule has 1 aromatic carbocycles. The molecule has 5 heteroatoms. The van der Waals surface area contributed by atoms with Gasteiger partial charge in [-0.2, -0.15) is 0 Å². The van der Waals surface area contributed by atoms with Crippen LogP contribution >= 0.6 is 0 Å². The summed E-state index contributed by atoms with van der Waals surface area (Å²) in [4.78, 5) is 13.1. The second-order valence-corrected chi connectivity index (χ2v) is 5.17. The minimum Gasteiger partial charge on any atom is -0.494 e. The third-order valence-electron chi connectivity index (χ3n) is 3.87. The van der Waals surface area contributed by atoms with Crippen LogP contribution in [0, 0.1) is 11.7 Å². The molecule has 1 saturated heterocycles. The molecule has 0 aromatic heterocycles. The van der Waals surface area contributed by atoms with Crippen LogP contribution in [0.3, 0.4) is 0 Å². The summed E-state index contributed by atoms with van der Waals surface area (Å²) in [6.07, 6.45) is 2.16. The number of hydrogen-bond acceptors (Lipinski definition) is 3. The maximum atomic E-state index is 13.6. The lowest BCUT2D eigenvalue weighted by molar-refractivity contribution is -0.143. The molecule has 110 valence electrons. The SMILES string of the molecule is COc1ccc(CCN2CCC(C(=O)O)CC2)cc1F. The number of methoxy groups -OCH3 is 1. The van der Waals surface area contributed by atoms with Gasteiger partial charge in [0.25, 0.3) is 0 Å². The van der Waals surface area contributed by atoms with Crippen LogP contribution in [0.4, 0.5) is 4.39 Å². The van der Waals surface area contributed by atoms with Crippen molar-refractivity contribution in [3.8, 4) is 5.75 Å². The quantitative estimate of drug-likeness (QED) is 0.898. The molecule has 0 spiro atoms. The molecule has 1 aromatic rings. The molecule has 0 amide bonds. The number of carboxylic acid groups (broad SMARTS) is 1. The number of nitrogens with zero attached hydrogens (tertiary/aromatic N) is 1. The summed E-state index contributed by atoms with van der Waals surface area (Å²) in [5.74, 6) is -0.975. The van der Waals surface area contributed by atoms with E-state index in [2.05, 4.69) is 4.90 Å². The van der Waals surface area contributed by atoms with E-state index in [0.29, 0.717) is 12.8 Å². The van der Waals surface area contributed by atoms with E-state index in [-0.39, 0.29) is 17.5 Å². The van der Waals surface area contributed by atoms with Gasteiger partial charge in [0, 0.05) is 6.54 Å². The number of ether oxygens (including phenoxy) is 1. The molecule has 1 heterocycles. The van der Waals surface area contributed by atoms with Crippen LogP contribution in [-0.4, -0.2) is 42.7 Å². The second-order valence-electron chi connectivity index (χ2n) is 5.17. The zero-order valence-corrected chi connectivity index (χ0v) is 11.6. The molecule has 1 N–H and O–H groups in total. The molecule has 1 aliphatic heterocycles. The number of carbonyl (C=O) groups is 1. The highest BCUT2D eigenvalue weighted by Crippen LogP contribution is 2.20. The Kier molecular flexibility index (Phi) is 4.95. The Morgan fingerprint density at radius 1 is 1.45 bits per heavy atom. The highest BCUT2D eigenvalue weighted by Gasteiger charge is 2.24. The van der Waals surface area contributed by atoms with Gasteiger partial charge in [-0.05, 0) is 50.0 Å². The molecule has 0 atom stereocenters. The monoisotopic (exact) mass is 281 g/mol. The Morgan fingerprint density at radius 2 is 2.15 bits per heavy atom. The molecule has 0 unspecified atom stereocenters. The van der Waals surface area contributed by atoms with E-state index in [1.165, 1.54) is 13.2 Å². The van der Waals surface area contributed by atoms with Crippen LogP contribution in [0.1, 0.15) is 18.4 Å². The van der Waals surface area contributed by atoms with E-state index in [1.54, 1.807) is 6.07 Å². The first-order valence-electron chi connectivity index (χ1n) is 6.87. The van der Waals surface area contributed by atoms with E-state index in [1.807, 2.05) is 6.07 Å². The van der Waals surface area contributed by atoms with Crippen molar-refractivity contribution in [3.05, 3.63) is 29.6 Å². The number of piperidine rings is 1. The summed E-state index contributed by atoms with van der Waals surface area (Å²) in [6, 6.07) is 5.01. The summed E-state index contributed by atoms with van der Waals surface area (Å²) in [7, 11) is 1.45. The lowest BCUT2D eigenvalue weighted by Gasteiger charge is -2.29. The van der Waals surface area contributed by atoms with Gasteiger partial charge in [-0.25, -0.2) is 4.39 Å². The molecule has 0 radical (unpaired) electrons. The molecule has 0 aliphatic carbocycles. The summed E-state index contributed by atoms with van der Waals surface area (Å²) >= 11 is 0. The highest BCUT2D eigenvalue weighted by molar-refractivity contribution is 5.70. The smallest absolute Gasteiger partial charge is 0.306 e. The molecular weight excluding hydrogens is 261 g/mol. The zero-order chi connectivity index (χ0) is 14.5. The average Bonchev–Trinajstić information content (AvgIpc) is 2.45. The van der Waals surface area contributed by atoms with Crippen LogP contribution in [0.15, 0.2) is 18.2 Å². The largest absolute Gasteiger partial charge is 0.494 e. The normalized spacial score (nSPS) is 17.1. The highest BCUT2D eigenvalue weighted by atomic mass is 19.1. The lowest BCUT2D eigenvalue weighted by atomic mass is 9.97. The van der Waals surface area contributed by atoms with Gasteiger partial charge in [0.1, 0.15) is 0 Å². The Hall–Kier alpha value is -1.62. The number of halogens is 1. The molecule has 20 heavy (non-hydrogen) atoms. The Balaban J connectivity index is 1.81. The van der Waals surface area contributed by atoms with E-state index in [0.717, 1.165) is 31.6 Å². The number of hydrogen-bond donors (Lipinski definition) is 1. The summed E-state index contributed by atoms with van der Waals surface area (Å²) in [5.41, 5.74) is 0.934. The topological polar surface area (TPSA) is 49.8 Å². The average molecular weight is 281 g/mol. The first-order valence-corrected chi connectivity index (χ1v) is 6.87. The predicted molar refractivity (Wildman–Crippen MR) is 73.5 cm³/mol. The van der Waals surface area contributed by atoms with Gasteiger partial charge in [-0.15, -0.1) is 0 Å². The van der Waals surface area contributed by atoms with Crippen molar-refractivity contribution >= 4 is 5.97 Å². The Bertz CT molecular complexity index is 470. The first-order chi connectivity index (χ1) is 9.60. The van der Waals surface area contributed by atoms with E-state index in [9.17, 15) is 9.18 Å². The minimum atomic E-state index is -0.693. The fourth-order valence-corrected chi connectivity index (χ4v) is 2.56. The predicted octanol–water partition coefficient (Wildman–Crippen LogP) is 2.17. The summed E-state index contributed by atoms with van der Waals surface area (Å²) < 4.78 is 18.4. The molecular formula is C15H20FNO3. The fraction of sp³-hybridized carbons (Fsp3) is 0.533. The molecule has 2 rings (SSSR count). The van der Waals surface area contributed by atoms with Crippen LogP contribution < -0.4 is 4.74 Å². The van der Waals surface area contributed by atoms with Crippen LogP contribution in [0.25, 0.3) is 0 Å². The fourth-order valence-electron chi connectivity index (χ4n) is 2.56. The standard InChI is InChI=1S/C15H20FNO3/c1-20-14-3-2-11(10-13(14)16)4-7-17-8-5-12(6-9-17)15(18)19/h2-3,10,12H,4-9H2,1H3,(H,18,19). The van der Waals surface area contributed by atoms with Gasteiger partial charge in [0.05, 0.1) is 13.0 Å². The number of likely N-dealkylation sites (tertiary alicyclic amines) is 1. The number of benzene rings is 1. The molecule has 4 nitrogen and oxygen atoms in total. The van der Waals surface area contributed by atoms with Gasteiger partial charge < -0.3 is 14.7 Å². The maximum Gasteiger partial charge on any atom is 0.306 e. The third kappa shape index (κ3) is 3.70. The van der Waals surface area contributed by atoms with Gasteiger partial charge in [-0.3, -0.25) is 4.79 Å². The van der Waals surface area contributed by atoms with Crippen molar-refractivity contribution in [2.75, 3.05) is 26.7 Å². The number of aliphatic carboxylic acids is 1. The van der Waals surface area contributed by atoms with E-state index >= 15 is 0 Å². The van der Waals surface area contributed by atoms with Crippen molar-refractivity contribution in [2.45, 2.75) is 19.3 Å². The summed E-state index contributed by atoms with van der Waals surface area (Å²) in [5, 5.41) is 8.94. The van der Waals surface area contributed by atoms with Crippen molar-refractivity contribution in [3.63, 3.8) is 0 Å². The minimum absolute atomic E-state index is 0.204. The number of carboxylic acids is 1. The van der Waals surface area contributed by atoms with Gasteiger partial charge in [0.15, 0.2) is 11.6 Å². The van der Waals surface area contributed by atoms with Gasteiger partial charge >= 0.3 is 5.97 Å². The number of rotatable bonds is 5. The van der Waals surface area contributed by atoms with Crippen molar-refractivity contribution in [1.82, 2.24) is 4.90 Å². The van der Waals surface area contributed by atoms with Crippen molar-refractivity contribution in [2.24, 2.45) is 5.92 Å². The van der Waals surface area contributed by atoms with Gasteiger partial charge in [-0.1, -0.05) is 6.07 Å². The zero-order valence-electron chi connectivity index (χ0n) is 11.6. The molecule has 0 bridgehead atoms. The Labute approximate surface area is 118 Å². The van der Waals surface area contributed by atoms with Crippen LogP contribution in [0.5, 0.6) is 5.75 Å². The third-order valence-corrected chi connectivity index (χ3v) is 3.87.